The second kappa shape index (κ2) is 5.17. The Bertz CT molecular complexity index is 545. The molecule has 1 aromatic heterocycles. The third-order valence-corrected chi connectivity index (χ3v) is 3.55. The summed E-state index contributed by atoms with van der Waals surface area (Å²) in [7, 11) is 0. The number of aliphatic hydroxyl groups excluding tert-OH is 1. The molecule has 1 N–H and O–H groups in total. The summed E-state index contributed by atoms with van der Waals surface area (Å²) in [5.74, 6) is 0. The Balaban J connectivity index is 2.44. The molecule has 1 unspecified atom stereocenters. The van der Waals surface area contributed by atoms with E-state index >= 15 is 0 Å². The summed E-state index contributed by atoms with van der Waals surface area (Å²) in [5, 5.41) is 10.8. The van der Waals surface area contributed by atoms with Gasteiger partial charge in [0.1, 0.15) is 6.10 Å². The summed E-state index contributed by atoms with van der Waals surface area (Å²) >= 11 is 9.47. The average molecular weight is 313 g/mol. The topological polar surface area (TPSA) is 33.1 Å². The van der Waals surface area contributed by atoms with Gasteiger partial charge in [0.05, 0.1) is 5.02 Å². The fraction of sp³-hybridized carbons (Fsp3) is 0.154. The van der Waals surface area contributed by atoms with Gasteiger partial charge in [0.25, 0.3) is 0 Å². The van der Waals surface area contributed by atoms with E-state index in [1.54, 1.807) is 12.3 Å². The monoisotopic (exact) mass is 311 g/mol. The van der Waals surface area contributed by atoms with Crippen molar-refractivity contribution < 1.29 is 5.11 Å². The van der Waals surface area contributed by atoms with Gasteiger partial charge in [-0.05, 0) is 30.2 Å². The van der Waals surface area contributed by atoms with Crippen molar-refractivity contribution in [3.8, 4) is 0 Å². The number of pyridine rings is 1. The lowest BCUT2D eigenvalue weighted by Crippen LogP contribution is -2.02. The van der Waals surface area contributed by atoms with Crippen LogP contribution in [0, 0.1) is 6.92 Å². The normalized spacial score (nSPS) is 12.5. The van der Waals surface area contributed by atoms with Crippen molar-refractivity contribution in [1.82, 2.24) is 4.98 Å². The van der Waals surface area contributed by atoms with E-state index in [4.69, 9.17) is 11.6 Å². The number of aliphatic hydroxyl groups is 1. The summed E-state index contributed by atoms with van der Waals surface area (Å²) < 4.78 is 0.873. The number of hydrogen-bond acceptors (Lipinski definition) is 2. The number of benzene rings is 1. The molecular formula is C13H11BrClNO. The summed E-state index contributed by atoms with van der Waals surface area (Å²) in [6, 6.07) is 7.53. The fourth-order valence-corrected chi connectivity index (χ4v) is 2.56. The number of aromatic nitrogens is 1. The minimum Gasteiger partial charge on any atom is -0.384 e. The summed E-state index contributed by atoms with van der Waals surface area (Å²) in [4.78, 5) is 3.90. The Morgan fingerprint density at radius 2 is 2.06 bits per heavy atom. The average Bonchev–Trinajstić information content (AvgIpc) is 2.29. The first-order valence-corrected chi connectivity index (χ1v) is 6.30. The summed E-state index contributed by atoms with van der Waals surface area (Å²) in [5.41, 5.74) is 2.59. The van der Waals surface area contributed by atoms with E-state index in [1.165, 1.54) is 6.20 Å². The first-order chi connectivity index (χ1) is 8.09. The number of halogens is 2. The van der Waals surface area contributed by atoms with Crippen molar-refractivity contribution in [2.45, 2.75) is 13.0 Å². The van der Waals surface area contributed by atoms with Gasteiger partial charge in [-0.1, -0.05) is 39.7 Å². The van der Waals surface area contributed by atoms with Crippen LogP contribution in [0.2, 0.25) is 5.02 Å². The Hall–Kier alpha value is -0.900. The molecule has 0 spiro atoms. The van der Waals surface area contributed by atoms with E-state index in [0.29, 0.717) is 10.6 Å². The summed E-state index contributed by atoms with van der Waals surface area (Å²) in [6.45, 7) is 2.00. The molecule has 2 aromatic rings. The minimum absolute atomic E-state index is 0.465. The smallest absolute Gasteiger partial charge is 0.107 e. The van der Waals surface area contributed by atoms with Gasteiger partial charge in [-0.3, -0.25) is 4.98 Å². The van der Waals surface area contributed by atoms with Crippen LogP contribution in [-0.4, -0.2) is 10.1 Å². The Labute approximate surface area is 113 Å². The second-order valence-electron chi connectivity index (χ2n) is 3.82. The zero-order valence-electron chi connectivity index (χ0n) is 9.19. The highest BCUT2D eigenvalue weighted by atomic mass is 79.9. The molecule has 0 saturated heterocycles. The maximum atomic E-state index is 10.3. The molecule has 2 nitrogen and oxygen atoms in total. The van der Waals surface area contributed by atoms with Gasteiger partial charge in [0.15, 0.2) is 0 Å². The van der Waals surface area contributed by atoms with E-state index in [9.17, 15) is 5.11 Å². The van der Waals surface area contributed by atoms with Crippen molar-refractivity contribution in [1.29, 1.82) is 0 Å². The van der Waals surface area contributed by atoms with Crippen LogP contribution in [0.5, 0.6) is 0 Å². The Kier molecular flexibility index (Phi) is 3.82. The van der Waals surface area contributed by atoms with Crippen LogP contribution in [0.4, 0.5) is 0 Å². The molecule has 0 aliphatic heterocycles. The van der Waals surface area contributed by atoms with Gasteiger partial charge < -0.3 is 5.11 Å². The number of hydrogen-bond donors (Lipinski definition) is 1. The molecule has 4 heteroatoms. The molecule has 0 fully saturated rings. The molecule has 0 aliphatic rings. The van der Waals surface area contributed by atoms with Crippen LogP contribution >= 0.6 is 27.5 Å². The van der Waals surface area contributed by atoms with Crippen LogP contribution < -0.4 is 0 Å². The van der Waals surface area contributed by atoms with E-state index in [0.717, 1.165) is 15.6 Å². The van der Waals surface area contributed by atoms with Crippen LogP contribution in [0.25, 0.3) is 0 Å². The molecule has 1 atom stereocenters. The predicted octanol–water partition coefficient (Wildman–Crippen LogP) is 3.89. The highest BCUT2D eigenvalue weighted by Gasteiger charge is 2.16. The highest BCUT2D eigenvalue weighted by Crippen LogP contribution is 2.32. The Morgan fingerprint density at radius 1 is 1.29 bits per heavy atom. The van der Waals surface area contributed by atoms with Crippen LogP contribution in [0.15, 0.2) is 41.1 Å². The molecule has 88 valence electrons. The third kappa shape index (κ3) is 2.68. The number of nitrogens with zero attached hydrogens (tertiary/aromatic N) is 1. The van der Waals surface area contributed by atoms with Crippen molar-refractivity contribution in [3.05, 3.63) is 62.8 Å². The van der Waals surface area contributed by atoms with Crippen molar-refractivity contribution >= 4 is 27.5 Å². The molecule has 0 radical (unpaired) electrons. The van der Waals surface area contributed by atoms with Crippen molar-refractivity contribution in [2.75, 3.05) is 0 Å². The van der Waals surface area contributed by atoms with Crippen LogP contribution in [0.3, 0.4) is 0 Å². The first-order valence-electron chi connectivity index (χ1n) is 5.13. The maximum absolute atomic E-state index is 10.3. The molecule has 0 bridgehead atoms. The molecule has 1 heterocycles. The highest BCUT2D eigenvalue weighted by molar-refractivity contribution is 9.10. The van der Waals surface area contributed by atoms with Gasteiger partial charge in [-0.2, -0.15) is 0 Å². The van der Waals surface area contributed by atoms with Gasteiger partial charge in [-0.15, -0.1) is 0 Å². The molecule has 0 amide bonds. The zero-order valence-corrected chi connectivity index (χ0v) is 11.5. The zero-order chi connectivity index (χ0) is 12.4. The second-order valence-corrected chi connectivity index (χ2v) is 5.09. The van der Waals surface area contributed by atoms with Gasteiger partial charge >= 0.3 is 0 Å². The van der Waals surface area contributed by atoms with Crippen LogP contribution in [0.1, 0.15) is 22.8 Å². The minimum atomic E-state index is -0.750. The fourth-order valence-electron chi connectivity index (χ4n) is 1.63. The van der Waals surface area contributed by atoms with Gasteiger partial charge in [0, 0.05) is 22.4 Å². The van der Waals surface area contributed by atoms with E-state index in [1.807, 2.05) is 25.1 Å². The molecule has 17 heavy (non-hydrogen) atoms. The lowest BCUT2D eigenvalue weighted by Gasteiger charge is -2.14. The third-order valence-electron chi connectivity index (χ3n) is 2.55. The standard InChI is InChI=1S/C13H11BrClNO/c1-8-2-3-9(11(14)6-8)13(17)10-4-5-16-7-12(10)15/h2-7,13,17H,1H3. The lowest BCUT2D eigenvalue weighted by molar-refractivity contribution is 0.219. The Morgan fingerprint density at radius 3 is 2.71 bits per heavy atom. The molecule has 0 saturated carbocycles. The van der Waals surface area contributed by atoms with E-state index in [-0.39, 0.29) is 0 Å². The molecule has 0 aliphatic carbocycles. The van der Waals surface area contributed by atoms with Crippen molar-refractivity contribution in [2.24, 2.45) is 0 Å². The SMILES string of the molecule is Cc1ccc(C(O)c2ccncc2Cl)c(Br)c1. The summed E-state index contributed by atoms with van der Waals surface area (Å²) in [6.07, 6.45) is 2.40. The van der Waals surface area contributed by atoms with Crippen molar-refractivity contribution in [3.63, 3.8) is 0 Å². The lowest BCUT2D eigenvalue weighted by atomic mass is 10.0. The first kappa shape index (κ1) is 12.6. The molecular weight excluding hydrogens is 302 g/mol. The quantitative estimate of drug-likeness (QED) is 0.912. The maximum Gasteiger partial charge on any atom is 0.107 e. The number of aryl methyl sites for hydroxylation is 1. The van der Waals surface area contributed by atoms with E-state index in [2.05, 4.69) is 20.9 Å². The number of rotatable bonds is 2. The van der Waals surface area contributed by atoms with Gasteiger partial charge in [-0.25, -0.2) is 0 Å². The predicted molar refractivity (Wildman–Crippen MR) is 72.2 cm³/mol. The van der Waals surface area contributed by atoms with Crippen LogP contribution in [-0.2, 0) is 0 Å². The van der Waals surface area contributed by atoms with Gasteiger partial charge in [0.2, 0.25) is 0 Å². The largest absolute Gasteiger partial charge is 0.384 e. The molecule has 2 rings (SSSR count). The van der Waals surface area contributed by atoms with E-state index < -0.39 is 6.10 Å². The molecule has 1 aromatic carbocycles.